The molecule has 0 aliphatic carbocycles. The number of rotatable bonds is 1. The molecule has 0 saturated carbocycles. The first-order chi connectivity index (χ1) is 5.13. The molecular weight excluding hydrogens is 172 g/mol. The van der Waals surface area contributed by atoms with Crippen LogP contribution in [0.5, 0.6) is 5.75 Å². The molecule has 0 bridgehead atoms. The van der Waals surface area contributed by atoms with Gasteiger partial charge in [-0.05, 0) is 0 Å². The quantitative estimate of drug-likeness (QED) is 0.396. The van der Waals surface area contributed by atoms with Crippen LogP contribution in [0.1, 0.15) is 0 Å². The Balaban J connectivity index is 3.27. The molecule has 5 nitrogen and oxygen atoms in total. The van der Waals surface area contributed by atoms with Crippen molar-refractivity contribution in [2.45, 2.75) is 0 Å². The predicted molar refractivity (Wildman–Crippen MR) is 37.6 cm³/mol. The van der Waals surface area contributed by atoms with Crippen LogP contribution >= 0.6 is 11.6 Å². The highest BCUT2D eigenvalue weighted by Crippen LogP contribution is 2.30. The molecular formula is C5H3ClN2O3. The third-order valence-corrected chi connectivity index (χ3v) is 1.33. The lowest BCUT2D eigenvalue weighted by Crippen LogP contribution is -1.89. The molecule has 1 N–H and O–H groups in total. The predicted octanol–water partition coefficient (Wildman–Crippen LogP) is 1.35. The molecule has 0 unspecified atom stereocenters. The van der Waals surface area contributed by atoms with Crippen molar-refractivity contribution < 1.29 is 10.0 Å². The van der Waals surface area contributed by atoms with E-state index >= 15 is 0 Å². The first-order valence-corrected chi connectivity index (χ1v) is 2.98. The van der Waals surface area contributed by atoms with Gasteiger partial charge in [-0.1, -0.05) is 11.6 Å². The fraction of sp³-hybridized carbons (Fsp3) is 0. The van der Waals surface area contributed by atoms with Crippen molar-refractivity contribution in [1.82, 2.24) is 4.98 Å². The molecule has 1 aromatic rings. The standard InChI is InChI=1S/C5H3ClN2O3/c6-5-4(9)3(8(10)11)1-2-7-5/h1-2,9H. The number of nitrogens with zero attached hydrogens (tertiary/aromatic N) is 2. The van der Waals surface area contributed by atoms with E-state index in [-0.39, 0.29) is 5.15 Å². The number of hydrogen-bond donors (Lipinski definition) is 1. The van der Waals surface area contributed by atoms with Crippen molar-refractivity contribution in [3.05, 3.63) is 27.5 Å². The topological polar surface area (TPSA) is 76.3 Å². The van der Waals surface area contributed by atoms with Gasteiger partial charge in [0.15, 0.2) is 5.15 Å². The van der Waals surface area contributed by atoms with Gasteiger partial charge in [0.2, 0.25) is 5.75 Å². The van der Waals surface area contributed by atoms with E-state index in [0.29, 0.717) is 0 Å². The summed E-state index contributed by atoms with van der Waals surface area (Å²) >= 11 is 5.29. The minimum Gasteiger partial charge on any atom is -0.500 e. The second-order valence-electron chi connectivity index (χ2n) is 1.73. The minimum atomic E-state index is -0.733. The zero-order valence-corrected chi connectivity index (χ0v) is 5.95. The number of halogens is 1. The molecule has 0 fully saturated rings. The van der Waals surface area contributed by atoms with Gasteiger partial charge in [-0.25, -0.2) is 4.98 Å². The number of aromatic hydroxyl groups is 1. The van der Waals surface area contributed by atoms with Crippen molar-refractivity contribution in [1.29, 1.82) is 0 Å². The molecule has 58 valence electrons. The molecule has 0 atom stereocenters. The molecule has 1 aromatic heterocycles. The Morgan fingerprint density at radius 1 is 1.73 bits per heavy atom. The molecule has 0 aromatic carbocycles. The normalized spacial score (nSPS) is 9.55. The SMILES string of the molecule is O=[N+]([O-])c1ccnc(Cl)c1O. The Morgan fingerprint density at radius 3 is 2.82 bits per heavy atom. The van der Waals surface area contributed by atoms with Gasteiger partial charge in [0.05, 0.1) is 4.92 Å². The fourth-order valence-electron chi connectivity index (χ4n) is 0.566. The summed E-state index contributed by atoms with van der Waals surface area (Å²) in [6.07, 6.45) is 1.15. The highest BCUT2D eigenvalue weighted by atomic mass is 35.5. The second-order valence-corrected chi connectivity index (χ2v) is 2.08. The van der Waals surface area contributed by atoms with Crippen molar-refractivity contribution in [2.24, 2.45) is 0 Å². The number of hydrogen-bond acceptors (Lipinski definition) is 4. The van der Waals surface area contributed by atoms with E-state index in [2.05, 4.69) is 4.98 Å². The Bertz CT molecular complexity index is 302. The molecule has 0 radical (unpaired) electrons. The zero-order valence-electron chi connectivity index (χ0n) is 5.19. The Kier molecular flexibility index (Phi) is 1.91. The van der Waals surface area contributed by atoms with Crippen molar-refractivity contribution in [3.63, 3.8) is 0 Å². The lowest BCUT2D eigenvalue weighted by atomic mass is 10.4. The number of nitro groups is 1. The Labute approximate surface area is 66.4 Å². The molecule has 0 aliphatic rings. The van der Waals surface area contributed by atoms with E-state index in [1.807, 2.05) is 0 Å². The largest absolute Gasteiger partial charge is 0.500 e. The first-order valence-electron chi connectivity index (χ1n) is 2.61. The fourth-order valence-corrected chi connectivity index (χ4v) is 0.720. The Morgan fingerprint density at radius 2 is 2.36 bits per heavy atom. The van der Waals surface area contributed by atoms with E-state index in [9.17, 15) is 10.1 Å². The van der Waals surface area contributed by atoms with Crippen molar-refractivity contribution >= 4 is 17.3 Å². The van der Waals surface area contributed by atoms with Crippen LogP contribution in [0.3, 0.4) is 0 Å². The van der Waals surface area contributed by atoms with Gasteiger partial charge in [0.25, 0.3) is 0 Å². The maximum Gasteiger partial charge on any atom is 0.315 e. The molecule has 1 heterocycles. The maximum atomic E-state index is 10.1. The molecule has 0 aliphatic heterocycles. The third-order valence-electron chi connectivity index (χ3n) is 1.06. The monoisotopic (exact) mass is 174 g/mol. The highest BCUT2D eigenvalue weighted by molar-refractivity contribution is 6.31. The summed E-state index contributed by atoms with van der Waals surface area (Å²) < 4.78 is 0. The number of aromatic nitrogens is 1. The third kappa shape index (κ3) is 1.38. The molecule has 0 amide bonds. The molecule has 11 heavy (non-hydrogen) atoms. The second kappa shape index (κ2) is 2.71. The van der Waals surface area contributed by atoms with Crippen molar-refractivity contribution in [3.8, 4) is 5.75 Å². The average Bonchev–Trinajstić information content (AvgIpc) is 1.94. The lowest BCUT2D eigenvalue weighted by molar-refractivity contribution is -0.385. The highest BCUT2D eigenvalue weighted by Gasteiger charge is 2.15. The maximum absolute atomic E-state index is 10.1. The van der Waals surface area contributed by atoms with Gasteiger partial charge in [0.1, 0.15) is 0 Å². The summed E-state index contributed by atoms with van der Waals surface area (Å²) in [5.74, 6) is -0.598. The number of pyridine rings is 1. The van der Waals surface area contributed by atoms with Gasteiger partial charge in [0, 0.05) is 12.3 Å². The van der Waals surface area contributed by atoms with Gasteiger partial charge in [-0.15, -0.1) is 0 Å². The van der Waals surface area contributed by atoms with Gasteiger partial charge in [-0.2, -0.15) is 0 Å². The molecule has 6 heteroatoms. The van der Waals surface area contributed by atoms with E-state index < -0.39 is 16.4 Å². The summed E-state index contributed by atoms with van der Waals surface area (Å²) in [6.45, 7) is 0. The smallest absolute Gasteiger partial charge is 0.315 e. The molecule has 1 rings (SSSR count). The Hall–Kier alpha value is -1.36. The summed E-state index contributed by atoms with van der Waals surface area (Å²) in [7, 11) is 0. The van der Waals surface area contributed by atoms with E-state index in [0.717, 1.165) is 12.3 Å². The summed E-state index contributed by atoms with van der Waals surface area (Å²) in [5.41, 5.74) is -0.440. The van der Waals surface area contributed by atoms with Crippen LogP contribution in [-0.2, 0) is 0 Å². The summed E-state index contributed by atoms with van der Waals surface area (Å²) in [6, 6.07) is 1.07. The van der Waals surface area contributed by atoms with E-state index in [1.165, 1.54) is 0 Å². The van der Waals surface area contributed by atoms with Gasteiger partial charge >= 0.3 is 5.69 Å². The van der Waals surface area contributed by atoms with E-state index in [4.69, 9.17) is 16.7 Å². The van der Waals surface area contributed by atoms with Gasteiger partial charge < -0.3 is 5.11 Å². The first kappa shape index (κ1) is 7.74. The van der Waals surface area contributed by atoms with Crippen LogP contribution in [0.15, 0.2) is 12.3 Å². The van der Waals surface area contributed by atoms with Gasteiger partial charge in [-0.3, -0.25) is 10.1 Å². The minimum absolute atomic E-state index is 0.265. The average molecular weight is 175 g/mol. The van der Waals surface area contributed by atoms with Crippen LogP contribution in [0.2, 0.25) is 5.15 Å². The van der Waals surface area contributed by atoms with Crippen LogP contribution in [0.25, 0.3) is 0 Å². The summed E-state index contributed by atoms with van der Waals surface area (Å²) in [5, 5.41) is 18.8. The molecule has 0 saturated heterocycles. The van der Waals surface area contributed by atoms with E-state index in [1.54, 1.807) is 0 Å². The molecule has 0 spiro atoms. The summed E-state index contributed by atoms with van der Waals surface area (Å²) in [4.78, 5) is 12.8. The van der Waals surface area contributed by atoms with Crippen LogP contribution in [0.4, 0.5) is 5.69 Å². The lowest BCUT2D eigenvalue weighted by Gasteiger charge is -1.94. The zero-order chi connectivity index (χ0) is 8.43. The van der Waals surface area contributed by atoms with Crippen LogP contribution in [0, 0.1) is 10.1 Å². The van der Waals surface area contributed by atoms with Crippen LogP contribution < -0.4 is 0 Å². The van der Waals surface area contributed by atoms with Crippen molar-refractivity contribution in [2.75, 3.05) is 0 Å². The van der Waals surface area contributed by atoms with Crippen LogP contribution in [-0.4, -0.2) is 15.0 Å².